The zero-order valence-electron chi connectivity index (χ0n) is 19.0. The summed E-state index contributed by atoms with van der Waals surface area (Å²) in [5, 5.41) is 7.99. The summed E-state index contributed by atoms with van der Waals surface area (Å²) in [6, 6.07) is 0. The molecule has 6 heteroatoms. The van der Waals surface area contributed by atoms with Crippen molar-refractivity contribution in [3.05, 3.63) is 7.43 Å². The maximum atomic E-state index is 9.00. The normalized spacial score (nSPS) is 7.79. The second-order valence-corrected chi connectivity index (χ2v) is 12.4. The number of alkyl halides is 1. The molecule has 0 aromatic carbocycles. The predicted molar refractivity (Wildman–Crippen MR) is 122 cm³/mol. The Bertz CT molecular complexity index is 165. The van der Waals surface area contributed by atoms with Crippen LogP contribution in [0.4, 0.5) is 0 Å². The Morgan fingerprint density at radius 2 is 1.00 bits per heavy atom. The van der Waals surface area contributed by atoms with Crippen LogP contribution < -0.4 is 0 Å². The van der Waals surface area contributed by atoms with Gasteiger partial charge in [-0.3, -0.25) is 4.79 Å². The molecule has 0 saturated heterocycles. The van der Waals surface area contributed by atoms with E-state index in [2.05, 4.69) is 88.9 Å². The van der Waals surface area contributed by atoms with Crippen LogP contribution in [0.3, 0.4) is 0 Å². The number of hydrogen-bond donors (Lipinski definition) is 1. The summed E-state index contributed by atoms with van der Waals surface area (Å²) < 4.78 is 0. The van der Waals surface area contributed by atoms with Crippen molar-refractivity contribution in [2.24, 2.45) is 0 Å². The first-order valence-electron chi connectivity index (χ1n) is 7.96. The van der Waals surface area contributed by atoms with E-state index in [1.165, 1.54) is 19.2 Å². The van der Waals surface area contributed by atoms with Gasteiger partial charge in [0.1, 0.15) is 0 Å². The summed E-state index contributed by atoms with van der Waals surface area (Å²) in [6.45, 7) is 25.7. The van der Waals surface area contributed by atoms with Crippen molar-refractivity contribution < 1.29 is 30.3 Å². The number of halogens is 1. The minimum absolute atomic E-state index is 0. The van der Waals surface area contributed by atoms with Gasteiger partial charge in [0, 0.05) is 41.8 Å². The molecule has 2 nitrogen and oxygen atoms in total. The fraction of sp³-hybridized carbons (Fsp3) is 0.889. The van der Waals surface area contributed by atoms with Crippen LogP contribution in [0.15, 0.2) is 0 Å². The molecule has 0 heterocycles. The molecule has 160 valence electrons. The monoisotopic (exact) mass is 497 g/mol. The Balaban J connectivity index is -0.0000000232. The van der Waals surface area contributed by atoms with Crippen LogP contribution in [0.25, 0.3) is 0 Å². The molecule has 1 N–H and O–H groups in total. The van der Waals surface area contributed by atoms with Gasteiger partial charge in [-0.25, -0.2) is 0 Å². The van der Waals surface area contributed by atoms with Gasteiger partial charge in [0.2, 0.25) is 0 Å². The SMILES string of the molecule is CC(=O)O.CC(C)(C)[Si](C)(C)C.CCC.CCC.CCl.CP.[CH3-].[Pd]. The molecule has 0 aromatic heterocycles. The molecule has 0 rings (SSSR count). The Kier molecular flexibility index (Phi) is 81.5. The fourth-order valence-corrected chi connectivity index (χ4v) is 0. The molecule has 24 heavy (non-hydrogen) atoms. The van der Waals surface area contributed by atoms with Crippen molar-refractivity contribution in [3.63, 3.8) is 0 Å². The second-order valence-electron chi connectivity index (χ2n) is 6.43. The summed E-state index contributed by atoms with van der Waals surface area (Å²) in [7, 11) is 1.56. The van der Waals surface area contributed by atoms with Crippen LogP contribution in [0.1, 0.15) is 68.2 Å². The standard InChI is InChI=1S/C7H18Si.2C3H8.C2H4O2.CH3Cl.CH5P.CH3.Pd/c1-7(2,3)8(4,5)6;2*1-3-2;1-2(3)4;2*1-2;;/h1-6H3;2*3H2,1-2H3;1H3,(H,3,4);1H3;2H2,1H3;1H3;/q;;;;;;-1;. The number of rotatable bonds is 0. The van der Waals surface area contributed by atoms with Gasteiger partial charge in [-0.2, -0.15) is 0 Å². The smallest absolute Gasteiger partial charge is 0.300 e. The zero-order chi connectivity index (χ0) is 20.0. The molecule has 0 saturated carbocycles. The molecule has 0 aliphatic rings. The fourth-order valence-electron chi connectivity index (χ4n) is 0. The molecule has 0 radical (unpaired) electrons. The molecule has 0 aliphatic carbocycles. The minimum Gasteiger partial charge on any atom is -0.481 e. The van der Waals surface area contributed by atoms with E-state index in [1.807, 2.05) is 6.66 Å². The van der Waals surface area contributed by atoms with Gasteiger partial charge in [-0.15, -0.1) is 20.8 Å². The van der Waals surface area contributed by atoms with E-state index in [0.29, 0.717) is 5.04 Å². The summed E-state index contributed by atoms with van der Waals surface area (Å²) in [5.41, 5.74) is 0. The van der Waals surface area contributed by atoms with Gasteiger partial charge >= 0.3 is 0 Å². The third-order valence-corrected chi connectivity index (χ3v) is 6.75. The molecule has 0 aliphatic heterocycles. The van der Waals surface area contributed by atoms with Gasteiger partial charge in [-0.05, 0) is 5.04 Å². The van der Waals surface area contributed by atoms with E-state index in [0.717, 1.165) is 6.92 Å². The second kappa shape index (κ2) is 39.2. The van der Waals surface area contributed by atoms with E-state index in [9.17, 15) is 0 Å². The summed E-state index contributed by atoms with van der Waals surface area (Å²) in [4.78, 5) is 9.00. The molecule has 0 fully saturated rings. The van der Waals surface area contributed by atoms with Crippen molar-refractivity contribution >= 4 is 34.9 Å². The van der Waals surface area contributed by atoms with Gasteiger partial charge in [0.25, 0.3) is 5.97 Å². The first kappa shape index (κ1) is 49.8. The van der Waals surface area contributed by atoms with Crippen LogP contribution in [0.2, 0.25) is 24.7 Å². The third kappa shape index (κ3) is 111. The minimum atomic E-state index is -0.859. The zero-order valence-corrected chi connectivity index (χ0v) is 23.5. The molecule has 0 aromatic rings. The van der Waals surface area contributed by atoms with E-state index in [-0.39, 0.29) is 27.8 Å². The van der Waals surface area contributed by atoms with E-state index in [1.54, 1.807) is 0 Å². The molecular weight excluding hydrogens is 449 g/mol. The first-order chi connectivity index (χ1) is 9.81. The molecule has 0 bridgehead atoms. The molecule has 0 spiro atoms. The van der Waals surface area contributed by atoms with Crippen molar-refractivity contribution in [1.29, 1.82) is 0 Å². The van der Waals surface area contributed by atoms with Crippen molar-refractivity contribution in [2.45, 2.75) is 92.9 Å². The topological polar surface area (TPSA) is 37.3 Å². The largest absolute Gasteiger partial charge is 0.481 e. The molecule has 1 atom stereocenters. The van der Waals surface area contributed by atoms with E-state index >= 15 is 0 Å². The predicted octanol–water partition coefficient (Wildman–Crippen LogP) is 7.84. The number of aliphatic carboxylic acids is 1. The first-order valence-corrected chi connectivity index (χ1v) is 13.4. The van der Waals surface area contributed by atoms with Crippen molar-refractivity contribution in [2.75, 3.05) is 13.0 Å². The van der Waals surface area contributed by atoms with Crippen LogP contribution in [0, 0.1) is 7.43 Å². The summed E-state index contributed by atoms with van der Waals surface area (Å²) in [5.74, 6) is -0.833. The number of carboxylic acid groups (broad SMARTS) is 1. The Morgan fingerprint density at radius 1 is 0.958 bits per heavy atom. The average Bonchev–Trinajstić information content (AvgIpc) is 2.33. The molecule has 0 amide bonds. The Morgan fingerprint density at radius 3 is 1.00 bits per heavy atom. The van der Waals surface area contributed by atoms with E-state index < -0.39 is 14.0 Å². The van der Waals surface area contributed by atoms with Crippen LogP contribution >= 0.6 is 20.8 Å². The van der Waals surface area contributed by atoms with Gasteiger partial charge in [0.05, 0.1) is 0 Å². The van der Waals surface area contributed by atoms with Crippen LogP contribution in [0.5, 0.6) is 0 Å². The molecule has 1 unspecified atom stereocenters. The van der Waals surface area contributed by atoms with Crippen molar-refractivity contribution in [1.82, 2.24) is 0 Å². The Hall–Kier alpha value is 1.07. The maximum Gasteiger partial charge on any atom is 0.300 e. The number of hydrogen-bond acceptors (Lipinski definition) is 1. The van der Waals surface area contributed by atoms with Gasteiger partial charge in [0.15, 0.2) is 0 Å². The van der Waals surface area contributed by atoms with Crippen molar-refractivity contribution in [3.8, 4) is 0 Å². The average molecular weight is 499 g/mol. The maximum absolute atomic E-state index is 9.00. The summed E-state index contributed by atoms with van der Waals surface area (Å²) in [6.07, 6.45) is 3.97. The van der Waals surface area contributed by atoms with Crippen LogP contribution in [-0.4, -0.2) is 32.2 Å². The molecular formula is C18H49ClO2PPdSi-. The van der Waals surface area contributed by atoms with Gasteiger partial charge in [-0.1, -0.05) is 87.6 Å². The number of carbonyl (C=O) groups is 1. The quantitative estimate of drug-likeness (QED) is 0.160. The van der Waals surface area contributed by atoms with Gasteiger partial charge < -0.3 is 12.5 Å². The van der Waals surface area contributed by atoms with Crippen LogP contribution in [-0.2, 0) is 25.2 Å². The number of carboxylic acids is 1. The third-order valence-electron chi connectivity index (χ3n) is 2.25. The Labute approximate surface area is 178 Å². The summed E-state index contributed by atoms with van der Waals surface area (Å²) >= 11 is 4.64. The van der Waals surface area contributed by atoms with E-state index in [4.69, 9.17) is 9.90 Å².